The van der Waals surface area contributed by atoms with Crippen LogP contribution in [0.3, 0.4) is 0 Å². The number of halogens is 1. The number of hydrogen-bond donors (Lipinski definition) is 1. The summed E-state index contributed by atoms with van der Waals surface area (Å²) in [5.74, 6) is 0. The fourth-order valence-electron chi connectivity index (χ4n) is 2.36. The first-order valence-corrected chi connectivity index (χ1v) is 7.48. The van der Waals surface area contributed by atoms with Crippen molar-refractivity contribution in [1.82, 2.24) is 20.0 Å². The van der Waals surface area contributed by atoms with Crippen molar-refractivity contribution < 1.29 is 0 Å². The number of hydrogen-bond acceptors (Lipinski definition) is 3. The van der Waals surface area contributed by atoms with E-state index in [0.29, 0.717) is 6.04 Å². The van der Waals surface area contributed by atoms with Crippen molar-refractivity contribution in [3.63, 3.8) is 0 Å². The van der Waals surface area contributed by atoms with E-state index in [0.717, 1.165) is 48.9 Å². The summed E-state index contributed by atoms with van der Waals surface area (Å²) < 4.78 is 1.90. The standard InChI is InChI=1S/C14H27ClN4/c1-6-19(7-2)9-8-12(16-4)10-13-14(15)11(3)17-18(13)5/h12,16H,6-10H2,1-5H3. The smallest absolute Gasteiger partial charge is 0.0847 e. The molecular weight excluding hydrogens is 260 g/mol. The number of nitrogens with zero attached hydrogens (tertiary/aromatic N) is 3. The van der Waals surface area contributed by atoms with E-state index in [1.807, 2.05) is 25.7 Å². The van der Waals surface area contributed by atoms with Crippen LogP contribution in [0.4, 0.5) is 0 Å². The van der Waals surface area contributed by atoms with Gasteiger partial charge in [-0.15, -0.1) is 0 Å². The SMILES string of the molecule is CCN(CC)CCC(Cc1c(Cl)c(C)nn1C)NC. The predicted octanol–water partition coefficient (Wildman–Crippen LogP) is 2.24. The summed E-state index contributed by atoms with van der Waals surface area (Å²) in [6.45, 7) is 9.71. The van der Waals surface area contributed by atoms with Crippen LogP contribution in [0.2, 0.25) is 5.02 Å². The van der Waals surface area contributed by atoms with Crippen LogP contribution < -0.4 is 5.32 Å². The molecular formula is C14H27ClN4. The maximum atomic E-state index is 6.31. The second kappa shape index (κ2) is 7.88. The molecule has 1 atom stereocenters. The molecule has 0 aliphatic carbocycles. The third-order valence-corrected chi connectivity index (χ3v) is 4.29. The van der Waals surface area contributed by atoms with Gasteiger partial charge in [0.1, 0.15) is 0 Å². The van der Waals surface area contributed by atoms with Gasteiger partial charge in [-0.25, -0.2) is 0 Å². The Morgan fingerprint density at radius 3 is 2.42 bits per heavy atom. The molecule has 1 N–H and O–H groups in total. The molecule has 0 amide bonds. The van der Waals surface area contributed by atoms with Crippen molar-refractivity contribution in [3.05, 3.63) is 16.4 Å². The van der Waals surface area contributed by atoms with Crippen molar-refractivity contribution in [1.29, 1.82) is 0 Å². The average molecular weight is 287 g/mol. The second-order valence-electron chi connectivity index (χ2n) is 4.97. The zero-order chi connectivity index (χ0) is 14.4. The van der Waals surface area contributed by atoms with Crippen LogP contribution in [-0.2, 0) is 13.5 Å². The molecule has 0 saturated carbocycles. The quantitative estimate of drug-likeness (QED) is 0.796. The maximum Gasteiger partial charge on any atom is 0.0847 e. The third kappa shape index (κ3) is 4.48. The molecule has 1 unspecified atom stereocenters. The van der Waals surface area contributed by atoms with E-state index in [-0.39, 0.29) is 0 Å². The Hall–Kier alpha value is -0.580. The Balaban J connectivity index is 2.61. The molecule has 0 aliphatic heterocycles. The highest BCUT2D eigenvalue weighted by molar-refractivity contribution is 6.31. The van der Waals surface area contributed by atoms with Crippen LogP contribution in [0, 0.1) is 6.92 Å². The lowest BCUT2D eigenvalue weighted by atomic mass is 10.1. The Bertz CT molecular complexity index is 385. The zero-order valence-electron chi connectivity index (χ0n) is 12.8. The van der Waals surface area contributed by atoms with E-state index >= 15 is 0 Å². The van der Waals surface area contributed by atoms with Crippen molar-refractivity contribution in [2.75, 3.05) is 26.7 Å². The van der Waals surface area contributed by atoms with Gasteiger partial charge in [0.15, 0.2) is 0 Å². The molecule has 19 heavy (non-hydrogen) atoms. The van der Waals surface area contributed by atoms with Gasteiger partial charge < -0.3 is 10.2 Å². The Kier molecular flexibility index (Phi) is 6.83. The molecule has 0 saturated heterocycles. The highest BCUT2D eigenvalue weighted by atomic mass is 35.5. The maximum absolute atomic E-state index is 6.31. The molecule has 0 aliphatic rings. The molecule has 0 aromatic carbocycles. The van der Waals surface area contributed by atoms with Gasteiger partial charge in [0.25, 0.3) is 0 Å². The minimum atomic E-state index is 0.438. The van der Waals surface area contributed by atoms with E-state index in [2.05, 4.69) is 29.2 Å². The molecule has 1 aromatic heterocycles. The van der Waals surface area contributed by atoms with Gasteiger partial charge in [-0.05, 0) is 40.0 Å². The summed E-state index contributed by atoms with van der Waals surface area (Å²) in [4.78, 5) is 2.44. The van der Waals surface area contributed by atoms with Gasteiger partial charge in [-0.3, -0.25) is 4.68 Å². The molecule has 5 heteroatoms. The molecule has 1 rings (SSSR count). The Morgan fingerprint density at radius 1 is 1.37 bits per heavy atom. The van der Waals surface area contributed by atoms with E-state index in [4.69, 9.17) is 11.6 Å². The summed E-state index contributed by atoms with van der Waals surface area (Å²) in [5.41, 5.74) is 2.04. The van der Waals surface area contributed by atoms with E-state index in [1.54, 1.807) is 0 Å². The lowest BCUT2D eigenvalue weighted by Gasteiger charge is -2.22. The lowest BCUT2D eigenvalue weighted by Crippen LogP contribution is -2.34. The van der Waals surface area contributed by atoms with Crippen LogP contribution in [0.15, 0.2) is 0 Å². The molecule has 1 heterocycles. The van der Waals surface area contributed by atoms with Gasteiger partial charge in [-0.2, -0.15) is 5.10 Å². The number of rotatable bonds is 8. The van der Waals surface area contributed by atoms with E-state index in [1.165, 1.54) is 0 Å². The first kappa shape index (κ1) is 16.5. The Labute approximate surface area is 122 Å². The van der Waals surface area contributed by atoms with Crippen LogP contribution in [-0.4, -0.2) is 47.4 Å². The van der Waals surface area contributed by atoms with Crippen LogP contribution in [0.25, 0.3) is 0 Å². The van der Waals surface area contributed by atoms with E-state index < -0.39 is 0 Å². The van der Waals surface area contributed by atoms with Crippen molar-refractivity contribution in [2.45, 2.75) is 39.7 Å². The largest absolute Gasteiger partial charge is 0.317 e. The molecule has 110 valence electrons. The molecule has 0 spiro atoms. The van der Waals surface area contributed by atoms with Crippen LogP contribution in [0.1, 0.15) is 31.7 Å². The molecule has 0 fully saturated rings. The van der Waals surface area contributed by atoms with Crippen molar-refractivity contribution in [3.8, 4) is 0 Å². The minimum Gasteiger partial charge on any atom is -0.317 e. The number of aryl methyl sites for hydroxylation is 2. The summed E-state index contributed by atoms with van der Waals surface area (Å²) in [6, 6.07) is 0.438. The Morgan fingerprint density at radius 2 is 2.00 bits per heavy atom. The normalized spacial score (nSPS) is 13.2. The summed E-state index contributed by atoms with van der Waals surface area (Å²) in [6.07, 6.45) is 2.05. The zero-order valence-corrected chi connectivity index (χ0v) is 13.6. The topological polar surface area (TPSA) is 33.1 Å². The van der Waals surface area contributed by atoms with Crippen molar-refractivity contribution in [2.24, 2.45) is 7.05 Å². The number of aromatic nitrogens is 2. The fourth-order valence-corrected chi connectivity index (χ4v) is 2.60. The number of likely N-dealkylation sites (N-methyl/N-ethyl adjacent to an activating group) is 1. The van der Waals surface area contributed by atoms with Gasteiger partial charge >= 0.3 is 0 Å². The highest BCUT2D eigenvalue weighted by Gasteiger charge is 2.16. The van der Waals surface area contributed by atoms with Gasteiger partial charge in [0, 0.05) is 19.5 Å². The fraction of sp³-hybridized carbons (Fsp3) is 0.786. The van der Waals surface area contributed by atoms with Crippen LogP contribution >= 0.6 is 11.6 Å². The first-order valence-electron chi connectivity index (χ1n) is 7.11. The summed E-state index contributed by atoms with van der Waals surface area (Å²) >= 11 is 6.31. The van der Waals surface area contributed by atoms with E-state index in [9.17, 15) is 0 Å². The third-order valence-electron chi connectivity index (χ3n) is 3.80. The summed E-state index contributed by atoms with van der Waals surface area (Å²) in [5, 5.41) is 8.57. The molecule has 0 radical (unpaired) electrons. The lowest BCUT2D eigenvalue weighted by molar-refractivity contribution is 0.282. The van der Waals surface area contributed by atoms with Gasteiger partial charge in [0.2, 0.25) is 0 Å². The molecule has 0 bridgehead atoms. The van der Waals surface area contributed by atoms with Crippen LogP contribution in [0.5, 0.6) is 0 Å². The first-order chi connectivity index (χ1) is 9.03. The molecule has 4 nitrogen and oxygen atoms in total. The number of nitrogens with one attached hydrogen (secondary N) is 1. The summed E-state index contributed by atoms with van der Waals surface area (Å²) in [7, 11) is 3.98. The van der Waals surface area contributed by atoms with Gasteiger partial charge in [-0.1, -0.05) is 25.4 Å². The minimum absolute atomic E-state index is 0.438. The highest BCUT2D eigenvalue weighted by Crippen LogP contribution is 2.21. The monoisotopic (exact) mass is 286 g/mol. The molecule has 1 aromatic rings. The second-order valence-corrected chi connectivity index (χ2v) is 5.35. The predicted molar refractivity (Wildman–Crippen MR) is 81.9 cm³/mol. The van der Waals surface area contributed by atoms with Gasteiger partial charge in [0.05, 0.1) is 16.4 Å². The average Bonchev–Trinajstić information content (AvgIpc) is 2.64. The van der Waals surface area contributed by atoms with Crippen molar-refractivity contribution >= 4 is 11.6 Å².